The highest BCUT2D eigenvalue weighted by Gasteiger charge is 2.09. The Morgan fingerprint density at radius 1 is 1.00 bits per heavy atom. The van der Waals surface area contributed by atoms with Crippen molar-refractivity contribution in [1.29, 1.82) is 0 Å². The second kappa shape index (κ2) is 6.38. The first-order chi connectivity index (χ1) is 9.13. The van der Waals surface area contributed by atoms with E-state index in [1.54, 1.807) is 13.2 Å². The standard InChI is InChI=1S/C14H12Cl3NO/c1-19-13-7-3-4-10(15)9(13)8-18-12-6-2-5-11(16)14(12)17/h2-7,18H,8H2,1H3. The molecule has 5 heteroatoms. The van der Waals surface area contributed by atoms with Gasteiger partial charge in [0.25, 0.3) is 0 Å². The number of rotatable bonds is 4. The van der Waals surface area contributed by atoms with Crippen molar-refractivity contribution in [3.63, 3.8) is 0 Å². The van der Waals surface area contributed by atoms with Crippen molar-refractivity contribution in [2.75, 3.05) is 12.4 Å². The summed E-state index contributed by atoms with van der Waals surface area (Å²) in [6.45, 7) is 0.503. The van der Waals surface area contributed by atoms with Crippen molar-refractivity contribution in [3.05, 3.63) is 57.0 Å². The van der Waals surface area contributed by atoms with Crippen LogP contribution >= 0.6 is 34.8 Å². The maximum Gasteiger partial charge on any atom is 0.125 e. The lowest BCUT2D eigenvalue weighted by Crippen LogP contribution is -2.03. The van der Waals surface area contributed by atoms with Crippen LogP contribution in [0.3, 0.4) is 0 Å². The molecule has 0 aliphatic heterocycles. The molecule has 0 fully saturated rings. The summed E-state index contributed by atoms with van der Waals surface area (Å²) in [6, 6.07) is 11.0. The van der Waals surface area contributed by atoms with Crippen molar-refractivity contribution in [1.82, 2.24) is 0 Å². The molecule has 0 atom stereocenters. The summed E-state index contributed by atoms with van der Waals surface area (Å²) in [6.07, 6.45) is 0. The molecule has 0 aromatic heterocycles. The first-order valence-electron chi connectivity index (χ1n) is 5.62. The molecule has 0 saturated carbocycles. The number of hydrogen-bond acceptors (Lipinski definition) is 2. The second-order valence-corrected chi connectivity index (χ2v) is 5.07. The molecule has 0 heterocycles. The lowest BCUT2D eigenvalue weighted by Gasteiger charge is -2.13. The highest BCUT2D eigenvalue weighted by Crippen LogP contribution is 2.32. The molecule has 19 heavy (non-hydrogen) atoms. The van der Waals surface area contributed by atoms with Gasteiger partial charge in [0.1, 0.15) is 5.75 Å². The van der Waals surface area contributed by atoms with Crippen molar-refractivity contribution in [2.24, 2.45) is 0 Å². The van der Waals surface area contributed by atoms with Crippen molar-refractivity contribution in [2.45, 2.75) is 6.54 Å². The summed E-state index contributed by atoms with van der Waals surface area (Å²) in [5, 5.41) is 4.86. The van der Waals surface area contributed by atoms with Crippen LogP contribution in [0.15, 0.2) is 36.4 Å². The van der Waals surface area contributed by atoms with Crippen molar-refractivity contribution in [3.8, 4) is 5.75 Å². The van der Waals surface area contributed by atoms with Gasteiger partial charge in [-0.2, -0.15) is 0 Å². The van der Waals surface area contributed by atoms with Crippen LogP contribution in [0.5, 0.6) is 5.75 Å². The number of hydrogen-bond donors (Lipinski definition) is 1. The third-order valence-corrected chi connectivity index (χ3v) is 3.88. The number of anilines is 1. The quantitative estimate of drug-likeness (QED) is 0.830. The minimum absolute atomic E-state index is 0.496. The molecular formula is C14H12Cl3NO. The molecule has 2 aromatic carbocycles. The molecule has 2 nitrogen and oxygen atoms in total. The highest BCUT2D eigenvalue weighted by molar-refractivity contribution is 6.43. The van der Waals surface area contributed by atoms with Gasteiger partial charge in [-0.05, 0) is 24.3 Å². The van der Waals surface area contributed by atoms with Gasteiger partial charge in [-0.3, -0.25) is 0 Å². The van der Waals surface area contributed by atoms with E-state index in [-0.39, 0.29) is 0 Å². The summed E-state index contributed by atoms with van der Waals surface area (Å²) in [4.78, 5) is 0. The summed E-state index contributed by atoms with van der Waals surface area (Å²) < 4.78 is 5.29. The number of ether oxygens (including phenoxy) is 1. The number of methoxy groups -OCH3 is 1. The van der Waals surface area contributed by atoms with Gasteiger partial charge in [0.05, 0.1) is 22.8 Å². The summed E-state index contributed by atoms with van der Waals surface area (Å²) in [5.74, 6) is 0.734. The first-order valence-corrected chi connectivity index (χ1v) is 6.76. The van der Waals surface area contributed by atoms with E-state index in [9.17, 15) is 0 Å². The molecule has 0 radical (unpaired) electrons. The smallest absolute Gasteiger partial charge is 0.125 e. The Morgan fingerprint density at radius 3 is 2.42 bits per heavy atom. The van der Waals surface area contributed by atoms with Crippen LogP contribution in [0, 0.1) is 0 Å². The second-order valence-electron chi connectivity index (χ2n) is 3.88. The third-order valence-electron chi connectivity index (χ3n) is 2.70. The van der Waals surface area contributed by atoms with Crippen LogP contribution in [0.4, 0.5) is 5.69 Å². The number of benzene rings is 2. The van der Waals surface area contributed by atoms with Gasteiger partial charge in [0.2, 0.25) is 0 Å². The third kappa shape index (κ3) is 3.27. The lowest BCUT2D eigenvalue weighted by atomic mass is 10.2. The Labute approximate surface area is 127 Å². The largest absolute Gasteiger partial charge is 0.496 e. The average Bonchev–Trinajstić information content (AvgIpc) is 2.41. The van der Waals surface area contributed by atoms with Gasteiger partial charge in [-0.25, -0.2) is 0 Å². The minimum Gasteiger partial charge on any atom is -0.496 e. The first kappa shape index (κ1) is 14.3. The monoisotopic (exact) mass is 315 g/mol. The zero-order chi connectivity index (χ0) is 13.8. The molecule has 0 amide bonds. The van der Waals surface area contributed by atoms with Crippen LogP contribution in [0.25, 0.3) is 0 Å². The van der Waals surface area contributed by atoms with Gasteiger partial charge < -0.3 is 10.1 Å². The molecule has 0 aliphatic rings. The van der Waals surface area contributed by atoms with Crippen LogP contribution < -0.4 is 10.1 Å². The van der Waals surface area contributed by atoms with Gasteiger partial charge in [0.15, 0.2) is 0 Å². The Kier molecular flexibility index (Phi) is 4.81. The predicted molar refractivity (Wildman–Crippen MR) is 81.8 cm³/mol. The fraction of sp³-hybridized carbons (Fsp3) is 0.143. The molecular weight excluding hydrogens is 305 g/mol. The van der Waals surface area contributed by atoms with Gasteiger partial charge in [-0.1, -0.05) is 46.9 Å². The predicted octanol–water partition coefficient (Wildman–Crippen LogP) is 5.27. The van der Waals surface area contributed by atoms with Crippen molar-refractivity contribution >= 4 is 40.5 Å². The Morgan fingerprint density at radius 2 is 1.68 bits per heavy atom. The maximum absolute atomic E-state index is 6.17. The van der Waals surface area contributed by atoms with Crippen LogP contribution in [0.2, 0.25) is 15.1 Å². The zero-order valence-electron chi connectivity index (χ0n) is 10.2. The number of nitrogens with one attached hydrogen (secondary N) is 1. The molecule has 0 unspecified atom stereocenters. The highest BCUT2D eigenvalue weighted by atomic mass is 35.5. The van der Waals surface area contributed by atoms with E-state index < -0.39 is 0 Å². The van der Waals surface area contributed by atoms with Crippen LogP contribution in [-0.4, -0.2) is 7.11 Å². The molecule has 0 spiro atoms. The molecule has 0 saturated heterocycles. The van der Waals surface area contributed by atoms with E-state index in [0.717, 1.165) is 17.0 Å². The Hall–Kier alpha value is -1.09. The zero-order valence-corrected chi connectivity index (χ0v) is 12.5. The molecule has 100 valence electrons. The van der Waals surface area contributed by atoms with E-state index in [0.29, 0.717) is 21.6 Å². The SMILES string of the molecule is COc1cccc(Cl)c1CNc1cccc(Cl)c1Cl. The topological polar surface area (TPSA) is 21.3 Å². The molecule has 2 aromatic rings. The van der Waals surface area contributed by atoms with Gasteiger partial charge in [-0.15, -0.1) is 0 Å². The lowest BCUT2D eigenvalue weighted by molar-refractivity contribution is 0.410. The van der Waals surface area contributed by atoms with Crippen LogP contribution in [0.1, 0.15) is 5.56 Å². The Bertz CT molecular complexity index is 587. The number of halogens is 3. The molecule has 0 bridgehead atoms. The van der Waals surface area contributed by atoms with E-state index in [1.807, 2.05) is 30.3 Å². The summed E-state index contributed by atoms with van der Waals surface area (Å²) in [5.41, 5.74) is 1.64. The fourth-order valence-corrected chi connectivity index (χ4v) is 2.33. The maximum atomic E-state index is 6.17. The van der Waals surface area contributed by atoms with E-state index >= 15 is 0 Å². The molecule has 1 N–H and O–H groups in total. The van der Waals surface area contributed by atoms with E-state index in [4.69, 9.17) is 39.5 Å². The normalized spacial score (nSPS) is 10.3. The fourth-order valence-electron chi connectivity index (χ4n) is 1.73. The summed E-state index contributed by atoms with van der Waals surface area (Å²) in [7, 11) is 1.61. The average molecular weight is 317 g/mol. The minimum atomic E-state index is 0.496. The van der Waals surface area contributed by atoms with Crippen LogP contribution in [-0.2, 0) is 6.54 Å². The van der Waals surface area contributed by atoms with Gasteiger partial charge in [0, 0.05) is 17.1 Å². The van der Waals surface area contributed by atoms with Crippen molar-refractivity contribution < 1.29 is 4.74 Å². The Balaban J connectivity index is 2.21. The van der Waals surface area contributed by atoms with E-state index in [2.05, 4.69) is 5.32 Å². The van der Waals surface area contributed by atoms with Gasteiger partial charge >= 0.3 is 0 Å². The molecule has 0 aliphatic carbocycles. The summed E-state index contributed by atoms with van der Waals surface area (Å²) >= 11 is 18.2. The molecule has 2 rings (SSSR count). The van der Waals surface area contributed by atoms with E-state index in [1.165, 1.54) is 0 Å².